The maximum Gasteiger partial charge on any atom is 0.177 e. The van der Waals surface area contributed by atoms with Gasteiger partial charge in [0.05, 0.1) is 4.88 Å². The summed E-state index contributed by atoms with van der Waals surface area (Å²) in [5.74, 6) is 1.80. The number of thiophene rings is 1. The minimum Gasteiger partial charge on any atom is -0.293 e. The summed E-state index contributed by atoms with van der Waals surface area (Å²) in [7, 11) is 0. The van der Waals surface area contributed by atoms with Crippen LogP contribution in [-0.2, 0) is 18.6 Å². The Bertz CT molecular complexity index is 642. The van der Waals surface area contributed by atoms with Gasteiger partial charge in [-0.3, -0.25) is 4.79 Å². The monoisotopic (exact) mass is 326 g/mol. The van der Waals surface area contributed by atoms with Gasteiger partial charge >= 0.3 is 0 Å². The smallest absolute Gasteiger partial charge is 0.177 e. The molecule has 0 bridgehead atoms. The summed E-state index contributed by atoms with van der Waals surface area (Å²) in [5.41, 5.74) is 1.97. The summed E-state index contributed by atoms with van der Waals surface area (Å²) in [4.78, 5) is 14.4. The number of ketones is 1. The SMILES string of the molecule is O=C(Cc1ccc(F)cc1Cl)c1cc2c(s1)CCSC2. The zero-order chi connectivity index (χ0) is 14.1. The van der Waals surface area contributed by atoms with E-state index in [0.29, 0.717) is 10.6 Å². The van der Waals surface area contributed by atoms with Crippen LogP contribution in [0.3, 0.4) is 0 Å². The molecule has 2 heterocycles. The van der Waals surface area contributed by atoms with Gasteiger partial charge in [0.1, 0.15) is 5.82 Å². The quantitative estimate of drug-likeness (QED) is 0.757. The number of hydrogen-bond acceptors (Lipinski definition) is 3. The Hall–Kier alpha value is -0.840. The fourth-order valence-corrected chi connectivity index (χ4v) is 4.75. The third-order valence-electron chi connectivity index (χ3n) is 3.27. The van der Waals surface area contributed by atoms with E-state index >= 15 is 0 Å². The van der Waals surface area contributed by atoms with Crippen LogP contribution in [0, 0.1) is 5.82 Å². The molecule has 0 saturated carbocycles. The highest BCUT2D eigenvalue weighted by atomic mass is 35.5. The van der Waals surface area contributed by atoms with Gasteiger partial charge in [-0.05, 0) is 41.5 Å². The topological polar surface area (TPSA) is 17.1 Å². The molecule has 0 amide bonds. The third-order valence-corrected chi connectivity index (χ3v) is 5.91. The van der Waals surface area contributed by atoms with E-state index in [2.05, 4.69) is 0 Å². The van der Waals surface area contributed by atoms with Crippen LogP contribution in [0.1, 0.15) is 25.7 Å². The summed E-state index contributed by atoms with van der Waals surface area (Å²) in [6, 6.07) is 6.18. The maximum absolute atomic E-state index is 13.0. The molecule has 1 aliphatic rings. The van der Waals surface area contributed by atoms with Crippen molar-refractivity contribution in [3.63, 3.8) is 0 Å². The first-order chi connectivity index (χ1) is 9.63. The summed E-state index contributed by atoms with van der Waals surface area (Å²) < 4.78 is 13.0. The molecule has 0 aliphatic carbocycles. The molecule has 1 aromatic heterocycles. The number of fused-ring (bicyclic) bond motifs is 1. The minimum atomic E-state index is -0.380. The second kappa shape index (κ2) is 5.88. The van der Waals surface area contributed by atoms with Crippen LogP contribution >= 0.6 is 34.7 Å². The zero-order valence-corrected chi connectivity index (χ0v) is 13.0. The standard InChI is InChI=1S/C15H12ClFOS2/c16-12-7-11(17)2-1-9(12)5-13(18)15-6-10-8-19-4-3-14(10)20-15/h1-2,6-7H,3-5,8H2. The largest absolute Gasteiger partial charge is 0.293 e. The lowest BCUT2D eigenvalue weighted by Gasteiger charge is -2.08. The van der Waals surface area contributed by atoms with Gasteiger partial charge in [-0.25, -0.2) is 4.39 Å². The number of carbonyl (C=O) groups is 1. The van der Waals surface area contributed by atoms with Crippen molar-refractivity contribution in [1.82, 2.24) is 0 Å². The van der Waals surface area contributed by atoms with Gasteiger partial charge in [-0.1, -0.05) is 17.7 Å². The number of rotatable bonds is 3. The fourth-order valence-electron chi connectivity index (χ4n) is 2.21. The summed E-state index contributed by atoms with van der Waals surface area (Å²) in [5, 5.41) is 0.315. The number of carbonyl (C=O) groups excluding carboxylic acids is 1. The first-order valence-electron chi connectivity index (χ1n) is 6.30. The Morgan fingerprint density at radius 2 is 2.20 bits per heavy atom. The normalized spacial score (nSPS) is 14.1. The average molecular weight is 327 g/mol. The molecule has 3 rings (SSSR count). The summed E-state index contributed by atoms with van der Waals surface area (Å²) in [6.45, 7) is 0. The van der Waals surface area contributed by atoms with Crippen molar-refractivity contribution in [2.45, 2.75) is 18.6 Å². The summed E-state index contributed by atoms with van der Waals surface area (Å²) >= 11 is 9.46. The molecule has 5 heteroatoms. The molecule has 0 N–H and O–H groups in total. The molecule has 1 aromatic carbocycles. The van der Waals surface area contributed by atoms with Gasteiger partial charge in [0.25, 0.3) is 0 Å². The van der Waals surface area contributed by atoms with E-state index in [0.717, 1.165) is 22.8 Å². The molecule has 0 saturated heterocycles. The van der Waals surface area contributed by atoms with Crippen LogP contribution in [0.2, 0.25) is 5.02 Å². The van der Waals surface area contributed by atoms with Crippen LogP contribution in [-0.4, -0.2) is 11.5 Å². The van der Waals surface area contributed by atoms with E-state index in [4.69, 9.17) is 11.6 Å². The van der Waals surface area contributed by atoms with E-state index in [1.54, 1.807) is 17.4 Å². The fraction of sp³-hybridized carbons (Fsp3) is 0.267. The van der Waals surface area contributed by atoms with Crippen molar-refractivity contribution in [3.05, 3.63) is 56.0 Å². The second-order valence-electron chi connectivity index (χ2n) is 4.70. The van der Waals surface area contributed by atoms with Gasteiger partial charge in [-0.2, -0.15) is 11.8 Å². The average Bonchev–Trinajstić information content (AvgIpc) is 2.86. The van der Waals surface area contributed by atoms with Crippen molar-refractivity contribution in [2.24, 2.45) is 0 Å². The Kier molecular flexibility index (Phi) is 4.15. The van der Waals surface area contributed by atoms with E-state index in [-0.39, 0.29) is 18.0 Å². The van der Waals surface area contributed by atoms with Crippen LogP contribution in [0.25, 0.3) is 0 Å². The Morgan fingerprint density at radius 1 is 1.35 bits per heavy atom. The lowest BCUT2D eigenvalue weighted by Crippen LogP contribution is -2.02. The van der Waals surface area contributed by atoms with Gasteiger partial charge < -0.3 is 0 Å². The predicted octanol–water partition coefficient (Wildman–Crippen LogP) is 4.76. The molecular formula is C15H12ClFOS2. The molecular weight excluding hydrogens is 315 g/mol. The van der Waals surface area contributed by atoms with E-state index < -0.39 is 0 Å². The molecule has 0 radical (unpaired) electrons. The number of aryl methyl sites for hydroxylation is 1. The number of hydrogen-bond donors (Lipinski definition) is 0. The van der Waals surface area contributed by atoms with Crippen molar-refractivity contribution in [2.75, 3.05) is 5.75 Å². The highest BCUT2D eigenvalue weighted by Gasteiger charge is 2.18. The summed E-state index contributed by atoms with van der Waals surface area (Å²) in [6.07, 6.45) is 1.28. The van der Waals surface area contributed by atoms with Crippen LogP contribution in [0.15, 0.2) is 24.3 Å². The molecule has 1 aliphatic heterocycles. The van der Waals surface area contributed by atoms with Gasteiger partial charge in [-0.15, -0.1) is 11.3 Å². The first kappa shape index (κ1) is 14.1. The van der Waals surface area contributed by atoms with E-state index in [1.165, 1.54) is 22.6 Å². The number of halogens is 2. The van der Waals surface area contributed by atoms with Gasteiger partial charge in [0.15, 0.2) is 5.78 Å². The Morgan fingerprint density at radius 3 is 2.95 bits per heavy atom. The maximum atomic E-state index is 13.0. The minimum absolute atomic E-state index is 0.0582. The van der Waals surface area contributed by atoms with Crippen LogP contribution in [0.4, 0.5) is 4.39 Å². The highest BCUT2D eigenvalue weighted by molar-refractivity contribution is 7.98. The van der Waals surface area contributed by atoms with Crippen molar-refractivity contribution < 1.29 is 9.18 Å². The Balaban J connectivity index is 1.80. The van der Waals surface area contributed by atoms with E-state index in [1.807, 2.05) is 17.8 Å². The zero-order valence-electron chi connectivity index (χ0n) is 10.6. The molecule has 0 unspecified atom stereocenters. The lowest BCUT2D eigenvalue weighted by atomic mass is 10.1. The molecule has 2 aromatic rings. The molecule has 0 fully saturated rings. The lowest BCUT2D eigenvalue weighted by molar-refractivity contribution is 0.0996. The Labute approximate surface area is 130 Å². The molecule has 0 spiro atoms. The van der Waals surface area contributed by atoms with Gasteiger partial charge in [0, 0.05) is 22.1 Å². The third kappa shape index (κ3) is 2.92. The highest BCUT2D eigenvalue weighted by Crippen LogP contribution is 2.32. The number of Topliss-reactive ketones (excluding diaryl/α,β-unsaturated/α-hetero) is 1. The van der Waals surface area contributed by atoms with Crippen molar-refractivity contribution in [1.29, 1.82) is 0 Å². The van der Waals surface area contributed by atoms with Gasteiger partial charge in [0.2, 0.25) is 0 Å². The van der Waals surface area contributed by atoms with Crippen molar-refractivity contribution >= 4 is 40.5 Å². The van der Waals surface area contributed by atoms with Crippen molar-refractivity contribution in [3.8, 4) is 0 Å². The van der Waals surface area contributed by atoms with E-state index in [9.17, 15) is 9.18 Å². The molecule has 104 valence electrons. The number of thioether (sulfide) groups is 1. The predicted molar refractivity (Wildman–Crippen MR) is 83.6 cm³/mol. The second-order valence-corrected chi connectivity index (χ2v) is 7.35. The first-order valence-corrected chi connectivity index (χ1v) is 8.65. The molecule has 1 nitrogen and oxygen atoms in total. The van der Waals surface area contributed by atoms with Crippen LogP contribution < -0.4 is 0 Å². The molecule has 20 heavy (non-hydrogen) atoms. The molecule has 0 atom stereocenters. The number of benzene rings is 1. The van der Waals surface area contributed by atoms with Crippen LogP contribution in [0.5, 0.6) is 0 Å².